The third-order valence-electron chi connectivity index (χ3n) is 1.45. The normalized spacial score (nSPS) is 15.9. The number of amides is 2. The van der Waals surface area contributed by atoms with Crippen LogP contribution in [-0.4, -0.2) is 35.0 Å². The smallest absolute Gasteiger partial charge is 0.325 e. The molecular weight excluding hydrogens is 188 g/mol. The average Bonchev–Trinajstić information content (AvgIpc) is 2.25. The van der Waals surface area contributed by atoms with Crippen molar-refractivity contribution in [3.63, 3.8) is 0 Å². The number of aliphatic carboxylic acids is 1. The van der Waals surface area contributed by atoms with Gasteiger partial charge in [0.05, 0.1) is 0 Å². The highest BCUT2D eigenvalue weighted by atomic mass is 16.4. The quantitative estimate of drug-likeness (QED) is 0.553. The number of hydrogen-bond donors (Lipinski definition) is 3. The van der Waals surface area contributed by atoms with Crippen LogP contribution in [0.25, 0.3) is 0 Å². The molecule has 14 heavy (non-hydrogen) atoms. The van der Waals surface area contributed by atoms with Gasteiger partial charge in [-0.15, -0.1) is 0 Å². The van der Waals surface area contributed by atoms with Crippen LogP contribution in [0.1, 0.15) is 22.1 Å². The van der Waals surface area contributed by atoms with Crippen LogP contribution < -0.4 is 10.6 Å². The molecule has 0 aromatic rings. The third-order valence-corrected chi connectivity index (χ3v) is 1.45. The highest BCUT2D eigenvalue weighted by Gasteiger charge is 2.18. The summed E-state index contributed by atoms with van der Waals surface area (Å²) in [6.07, 6.45) is 0. The van der Waals surface area contributed by atoms with E-state index in [0.717, 1.165) is 0 Å². The summed E-state index contributed by atoms with van der Waals surface area (Å²) in [5.41, 5.74) is 0. The van der Waals surface area contributed by atoms with Crippen molar-refractivity contribution in [3.8, 4) is 0 Å². The summed E-state index contributed by atoms with van der Waals surface area (Å²) in [6.45, 7) is 1.92. The lowest BCUT2D eigenvalue weighted by Crippen LogP contribution is -2.48. The van der Waals surface area contributed by atoms with E-state index in [2.05, 4.69) is 5.32 Å². The van der Waals surface area contributed by atoms with Gasteiger partial charge in [0, 0.05) is 8.27 Å². The molecule has 0 aliphatic rings. The number of carboxylic acid groups (broad SMARTS) is 1. The van der Waals surface area contributed by atoms with Gasteiger partial charge in [-0.1, -0.05) is 0 Å². The molecule has 0 heterocycles. The molecular formula is C8H14N2O4. The van der Waals surface area contributed by atoms with Gasteiger partial charge in [0.1, 0.15) is 12.1 Å². The van der Waals surface area contributed by atoms with Crippen molar-refractivity contribution < 1.29 is 22.3 Å². The second-order valence-corrected chi connectivity index (χ2v) is 2.77. The lowest BCUT2D eigenvalue weighted by Gasteiger charge is -2.14. The summed E-state index contributed by atoms with van der Waals surface area (Å²) in [6, 6.07) is -2.21. The second kappa shape index (κ2) is 5.21. The van der Waals surface area contributed by atoms with Gasteiger partial charge in [0.2, 0.25) is 11.8 Å². The fourth-order valence-electron chi connectivity index (χ4n) is 0.670. The van der Waals surface area contributed by atoms with Crippen LogP contribution in [0.15, 0.2) is 0 Å². The van der Waals surface area contributed by atoms with Crippen molar-refractivity contribution in [2.24, 2.45) is 0 Å². The number of rotatable bonds is 4. The summed E-state index contributed by atoms with van der Waals surface area (Å²) in [5, 5.41) is 11.0. The molecule has 0 spiro atoms. The summed E-state index contributed by atoms with van der Waals surface area (Å²) in [5.74, 6) is -2.78. The maximum atomic E-state index is 11.4. The van der Waals surface area contributed by atoms with Crippen molar-refractivity contribution >= 4 is 17.8 Å². The Kier molecular flexibility index (Phi) is 3.34. The molecule has 2 atom stereocenters. The number of hydrogen-bond acceptors (Lipinski definition) is 3. The fourth-order valence-corrected chi connectivity index (χ4v) is 0.670. The van der Waals surface area contributed by atoms with Crippen LogP contribution >= 0.6 is 0 Å². The first-order chi connectivity index (χ1) is 7.31. The van der Waals surface area contributed by atoms with E-state index in [-0.39, 0.29) is 0 Å². The van der Waals surface area contributed by atoms with Crippen molar-refractivity contribution in [3.05, 3.63) is 0 Å². The minimum atomic E-state index is -1.20. The zero-order valence-electron chi connectivity index (χ0n) is 9.98. The van der Waals surface area contributed by atoms with Gasteiger partial charge in [0.15, 0.2) is 1.41 Å². The van der Waals surface area contributed by atoms with E-state index >= 15 is 0 Å². The summed E-state index contributed by atoms with van der Waals surface area (Å²) in [7, 11) is 0. The van der Waals surface area contributed by atoms with Gasteiger partial charge in [-0.2, -0.15) is 0 Å². The van der Waals surface area contributed by atoms with Crippen molar-refractivity contribution in [2.75, 3.05) is 0 Å². The van der Waals surface area contributed by atoms with E-state index < -0.39 is 36.8 Å². The van der Waals surface area contributed by atoms with E-state index in [9.17, 15) is 14.4 Å². The summed E-state index contributed by atoms with van der Waals surface area (Å²) >= 11 is 0. The highest BCUT2D eigenvalue weighted by Crippen LogP contribution is 1.86. The molecule has 0 rings (SSSR count). The Hall–Kier alpha value is -1.59. The van der Waals surface area contributed by atoms with Crippen molar-refractivity contribution in [2.45, 2.75) is 32.8 Å². The monoisotopic (exact) mass is 204 g/mol. The van der Waals surface area contributed by atoms with Crippen LogP contribution in [0.2, 0.25) is 1.41 Å². The third kappa shape index (κ3) is 4.44. The van der Waals surface area contributed by atoms with E-state index in [1.807, 2.05) is 0 Å². The molecule has 0 saturated heterocycles. The Labute approximate surface area is 84.5 Å². The molecule has 0 aliphatic heterocycles. The standard InChI is InChI=1S/C8H14N2O4/c1-4(9-6(3)11)7(12)10-5(2)8(13)14/h4-5H,1-3H3,(H,9,11)(H,10,12)(H,13,14)/t4-,5-/m0/s1/i3D/hD. The lowest BCUT2D eigenvalue weighted by molar-refractivity contribution is -0.141. The van der Waals surface area contributed by atoms with Crippen LogP contribution in [0, 0.1) is 0 Å². The Bertz CT molecular complexity index is 298. The van der Waals surface area contributed by atoms with Crippen LogP contribution in [-0.2, 0) is 14.4 Å². The molecule has 3 N–H and O–H groups in total. The summed E-state index contributed by atoms with van der Waals surface area (Å²) in [4.78, 5) is 32.7. The second-order valence-electron chi connectivity index (χ2n) is 2.77. The van der Waals surface area contributed by atoms with Gasteiger partial charge >= 0.3 is 5.97 Å². The van der Waals surface area contributed by atoms with Gasteiger partial charge in [-0.25, -0.2) is 0 Å². The summed E-state index contributed by atoms with van der Waals surface area (Å²) < 4.78 is 14.0. The minimum Gasteiger partial charge on any atom is -0.480 e. The van der Waals surface area contributed by atoms with Gasteiger partial charge in [0.25, 0.3) is 0 Å². The van der Waals surface area contributed by atoms with Gasteiger partial charge in [-0.3, -0.25) is 14.4 Å². The minimum absolute atomic E-state index is 0.358. The lowest BCUT2D eigenvalue weighted by atomic mass is 10.2. The first-order valence-electron chi connectivity index (χ1n) is 5.10. The Balaban J connectivity index is 4.39. The topological polar surface area (TPSA) is 95.5 Å². The fraction of sp³-hybridized carbons (Fsp3) is 0.625. The van der Waals surface area contributed by atoms with E-state index in [1.165, 1.54) is 13.8 Å². The van der Waals surface area contributed by atoms with Crippen molar-refractivity contribution in [1.82, 2.24) is 10.6 Å². The van der Waals surface area contributed by atoms with Crippen LogP contribution in [0.5, 0.6) is 0 Å². The molecule has 0 fully saturated rings. The molecule has 0 aromatic heterocycles. The molecule has 0 radical (unpaired) electrons. The number of nitrogens with one attached hydrogen (secondary N) is 2. The predicted octanol–water partition coefficient (Wildman–Crippen LogP) is -0.900. The van der Waals surface area contributed by atoms with E-state index in [0.29, 0.717) is 5.31 Å². The van der Waals surface area contributed by atoms with Gasteiger partial charge in [-0.05, 0) is 13.8 Å². The maximum absolute atomic E-state index is 11.4. The maximum Gasteiger partial charge on any atom is 0.325 e. The first kappa shape index (κ1) is 8.98. The van der Waals surface area contributed by atoms with E-state index in [1.54, 1.807) is 0 Å². The molecule has 0 aromatic carbocycles. The molecule has 80 valence electrons. The predicted molar refractivity (Wildman–Crippen MR) is 48.5 cm³/mol. The van der Waals surface area contributed by atoms with Gasteiger partial charge < -0.3 is 15.7 Å². The van der Waals surface area contributed by atoms with Crippen LogP contribution in [0.3, 0.4) is 0 Å². The zero-order valence-corrected chi connectivity index (χ0v) is 7.98. The molecule has 6 heteroatoms. The number of carbonyl (C=O) groups excluding carboxylic acids is 2. The molecule has 0 unspecified atom stereocenters. The average molecular weight is 204 g/mol. The van der Waals surface area contributed by atoms with Crippen molar-refractivity contribution in [1.29, 1.82) is 0 Å². The molecule has 0 bridgehead atoms. The first-order valence-corrected chi connectivity index (χ1v) is 3.94. The Morgan fingerprint density at radius 3 is 2.36 bits per heavy atom. The van der Waals surface area contributed by atoms with Crippen LogP contribution in [0.4, 0.5) is 0 Å². The zero-order chi connectivity index (χ0) is 12.9. The SMILES string of the molecule is [2H]CC(=O)N([2H])[C@@H](C)C(=O)N[C@@H](C)C(=O)O. The van der Waals surface area contributed by atoms with E-state index in [4.69, 9.17) is 7.89 Å². The molecule has 0 saturated carbocycles. The Morgan fingerprint density at radius 2 is 1.93 bits per heavy atom. The molecule has 2 amide bonds. The molecule has 0 aliphatic carbocycles. The number of carboxylic acids is 1. The molecule has 6 nitrogen and oxygen atoms in total. The Morgan fingerprint density at radius 1 is 1.36 bits per heavy atom. The largest absolute Gasteiger partial charge is 0.480 e. The number of carbonyl (C=O) groups is 3. The highest BCUT2D eigenvalue weighted by molar-refractivity contribution is 5.89.